The van der Waals surface area contributed by atoms with Crippen molar-refractivity contribution in [2.45, 2.75) is 46.0 Å². The van der Waals surface area contributed by atoms with E-state index in [1.54, 1.807) is 0 Å². The molecule has 0 radical (unpaired) electrons. The van der Waals surface area contributed by atoms with Crippen LogP contribution in [0.15, 0.2) is 0 Å². The van der Waals surface area contributed by atoms with Crippen molar-refractivity contribution >= 4 is 17.8 Å². The minimum atomic E-state index is -0.971. The number of imide groups is 2. The third-order valence-electron chi connectivity index (χ3n) is 3.81. The van der Waals surface area contributed by atoms with Gasteiger partial charge in [0.1, 0.15) is 5.41 Å². The normalized spacial score (nSPS) is 23.7. The van der Waals surface area contributed by atoms with Gasteiger partial charge in [-0.25, -0.2) is 4.79 Å². The molecule has 2 fully saturated rings. The molecule has 100 valence electrons. The number of barbiturate groups is 1. The average Bonchev–Trinajstić information content (AvgIpc) is 2.34. The molecule has 1 N–H and O–H groups in total. The van der Waals surface area contributed by atoms with Gasteiger partial charge >= 0.3 is 6.03 Å². The number of rotatable bonds is 2. The molecule has 0 aromatic carbocycles. The lowest BCUT2D eigenvalue weighted by Crippen LogP contribution is -2.64. The van der Waals surface area contributed by atoms with Crippen LogP contribution in [0.1, 0.15) is 46.0 Å². The molecule has 2 aliphatic rings. The second kappa shape index (κ2) is 4.71. The summed E-state index contributed by atoms with van der Waals surface area (Å²) in [5, 5.41) is 2.35. The fourth-order valence-electron chi connectivity index (χ4n) is 2.86. The highest BCUT2D eigenvalue weighted by Gasteiger charge is 2.53. The van der Waals surface area contributed by atoms with Crippen LogP contribution in [0, 0.1) is 11.3 Å². The zero-order chi connectivity index (χ0) is 13.3. The van der Waals surface area contributed by atoms with Crippen LogP contribution in [0.2, 0.25) is 0 Å². The second-order valence-corrected chi connectivity index (χ2v) is 5.71. The van der Waals surface area contributed by atoms with Crippen LogP contribution in [-0.4, -0.2) is 29.3 Å². The van der Waals surface area contributed by atoms with Gasteiger partial charge in [0.05, 0.1) is 0 Å². The maximum Gasteiger partial charge on any atom is 0.330 e. The van der Waals surface area contributed by atoms with E-state index in [1.165, 1.54) is 4.90 Å². The molecule has 0 atom stereocenters. The maximum atomic E-state index is 12.5. The Kier molecular flexibility index (Phi) is 3.41. The Morgan fingerprint density at radius 3 is 2.33 bits per heavy atom. The first-order chi connectivity index (χ1) is 8.47. The third-order valence-corrected chi connectivity index (χ3v) is 3.81. The molecular weight excluding hydrogens is 232 g/mol. The zero-order valence-electron chi connectivity index (χ0n) is 11.0. The molecule has 5 nitrogen and oxygen atoms in total. The van der Waals surface area contributed by atoms with Crippen LogP contribution >= 0.6 is 0 Å². The second-order valence-electron chi connectivity index (χ2n) is 5.71. The lowest BCUT2D eigenvalue weighted by Gasteiger charge is -2.41. The van der Waals surface area contributed by atoms with E-state index in [1.807, 2.05) is 13.8 Å². The summed E-state index contributed by atoms with van der Waals surface area (Å²) >= 11 is 0. The summed E-state index contributed by atoms with van der Waals surface area (Å²) in [4.78, 5) is 37.5. The van der Waals surface area contributed by atoms with Crippen molar-refractivity contribution in [2.75, 3.05) is 6.54 Å². The van der Waals surface area contributed by atoms with E-state index in [9.17, 15) is 14.4 Å². The van der Waals surface area contributed by atoms with Gasteiger partial charge in [0.2, 0.25) is 11.8 Å². The van der Waals surface area contributed by atoms with Crippen molar-refractivity contribution in [2.24, 2.45) is 11.3 Å². The van der Waals surface area contributed by atoms with Gasteiger partial charge in [-0.3, -0.25) is 19.8 Å². The highest BCUT2D eigenvalue weighted by Crippen LogP contribution is 2.40. The lowest BCUT2D eigenvalue weighted by atomic mass is 9.71. The number of hydrogen-bond acceptors (Lipinski definition) is 3. The number of urea groups is 1. The molecule has 1 saturated carbocycles. The molecule has 2 rings (SSSR count). The van der Waals surface area contributed by atoms with Gasteiger partial charge in [0, 0.05) is 6.54 Å². The summed E-state index contributed by atoms with van der Waals surface area (Å²) < 4.78 is 0. The summed E-state index contributed by atoms with van der Waals surface area (Å²) in [6.07, 6.45) is 3.95. The largest absolute Gasteiger partial charge is 0.330 e. The van der Waals surface area contributed by atoms with Crippen LogP contribution < -0.4 is 5.32 Å². The van der Waals surface area contributed by atoms with Crippen LogP contribution in [0.5, 0.6) is 0 Å². The summed E-state index contributed by atoms with van der Waals surface area (Å²) in [6.45, 7) is 4.27. The van der Waals surface area contributed by atoms with E-state index in [0.717, 1.165) is 19.3 Å². The first-order valence-corrected chi connectivity index (χ1v) is 6.65. The predicted octanol–water partition coefficient (Wildman–Crippen LogP) is 1.67. The molecule has 1 aliphatic carbocycles. The Bertz CT molecular complexity index is 384. The average molecular weight is 252 g/mol. The van der Waals surface area contributed by atoms with Gasteiger partial charge in [0.25, 0.3) is 0 Å². The van der Waals surface area contributed by atoms with Crippen molar-refractivity contribution in [3.8, 4) is 0 Å². The number of hydrogen-bond donors (Lipinski definition) is 1. The van der Waals surface area contributed by atoms with Crippen molar-refractivity contribution in [1.82, 2.24) is 10.2 Å². The Morgan fingerprint density at radius 2 is 1.78 bits per heavy atom. The molecule has 1 saturated heterocycles. The molecule has 0 aromatic rings. The smallest absolute Gasteiger partial charge is 0.277 e. The summed E-state index contributed by atoms with van der Waals surface area (Å²) in [5.41, 5.74) is -0.971. The van der Waals surface area contributed by atoms with E-state index in [0.29, 0.717) is 19.4 Å². The zero-order valence-corrected chi connectivity index (χ0v) is 11.0. The molecule has 1 heterocycles. The van der Waals surface area contributed by atoms with Gasteiger partial charge in [-0.2, -0.15) is 0 Å². The number of nitrogens with one attached hydrogen (secondary N) is 1. The molecule has 18 heavy (non-hydrogen) atoms. The van der Waals surface area contributed by atoms with E-state index >= 15 is 0 Å². The molecule has 0 aromatic heterocycles. The summed E-state index contributed by atoms with van der Waals surface area (Å²) in [7, 11) is 0. The first-order valence-electron chi connectivity index (χ1n) is 6.65. The Labute approximate surface area is 107 Å². The SMILES string of the molecule is CC(C)CN1C(=O)NC(=O)C2(CCCCC2)C1=O. The van der Waals surface area contributed by atoms with Crippen molar-refractivity contribution in [3.05, 3.63) is 0 Å². The fourth-order valence-corrected chi connectivity index (χ4v) is 2.86. The Morgan fingerprint density at radius 1 is 1.17 bits per heavy atom. The van der Waals surface area contributed by atoms with Crippen molar-refractivity contribution < 1.29 is 14.4 Å². The van der Waals surface area contributed by atoms with E-state index in [-0.39, 0.29) is 11.8 Å². The van der Waals surface area contributed by atoms with Gasteiger partial charge < -0.3 is 0 Å². The van der Waals surface area contributed by atoms with Gasteiger partial charge in [-0.05, 0) is 18.8 Å². The fraction of sp³-hybridized carbons (Fsp3) is 0.769. The Balaban J connectivity index is 2.27. The number of nitrogens with zero attached hydrogens (tertiary/aromatic N) is 1. The lowest BCUT2D eigenvalue weighted by molar-refractivity contribution is -0.154. The number of amides is 4. The van der Waals surface area contributed by atoms with Crippen LogP contribution in [0.3, 0.4) is 0 Å². The van der Waals surface area contributed by atoms with E-state index in [2.05, 4.69) is 5.32 Å². The van der Waals surface area contributed by atoms with E-state index in [4.69, 9.17) is 0 Å². The molecule has 0 bridgehead atoms. The van der Waals surface area contributed by atoms with Crippen molar-refractivity contribution in [3.63, 3.8) is 0 Å². The quantitative estimate of drug-likeness (QED) is 0.760. The first kappa shape index (κ1) is 13.1. The highest BCUT2D eigenvalue weighted by atomic mass is 16.2. The molecular formula is C13H20N2O3. The highest BCUT2D eigenvalue weighted by molar-refractivity contribution is 6.19. The summed E-state index contributed by atoms with van der Waals surface area (Å²) in [6, 6.07) is -0.560. The summed E-state index contributed by atoms with van der Waals surface area (Å²) in [5.74, 6) is -0.476. The van der Waals surface area contributed by atoms with Gasteiger partial charge in [-0.15, -0.1) is 0 Å². The number of carbonyl (C=O) groups is 3. The molecule has 0 unspecified atom stereocenters. The maximum absolute atomic E-state index is 12.5. The number of carbonyl (C=O) groups excluding carboxylic acids is 3. The van der Waals surface area contributed by atoms with Crippen molar-refractivity contribution in [1.29, 1.82) is 0 Å². The van der Waals surface area contributed by atoms with Gasteiger partial charge in [0.15, 0.2) is 0 Å². The standard InChI is InChI=1S/C13H20N2O3/c1-9(2)8-15-11(17)13(6-4-3-5-7-13)10(16)14-12(15)18/h9H,3-8H2,1-2H3,(H,14,16,18). The van der Waals surface area contributed by atoms with Crippen LogP contribution in [0.25, 0.3) is 0 Å². The Hall–Kier alpha value is -1.39. The van der Waals surface area contributed by atoms with E-state index < -0.39 is 17.4 Å². The minimum absolute atomic E-state index is 0.202. The molecule has 5 heteroatoms. The predicted molar refractivity (Wildman–Crippen MR) is 65.6 cm³/mol. The van der Waals surface area contributed by atoms with Gasteiger partial charge in [-0.1, -0.05) is 33.1 Å². The van der Waals surface area contributed by atoms with Crippen LogP contribution in [0.4, 0.5) is 4.79 Å². The molecule has 1 spiro atoms. The minimum Gasteiger partial charge on any atom is -0.277 e. The monoisotopic (exact) mass is 252 g/mol. The van der Waals surface area contributed by atoms with Crippen LogP contribution in [-0.2, 0) is 9.59 Å². The topological polar surface area (TPSA) is 66.5 Å². The third kappa shape index (κ3) is 2.02. The molecule has 1 aliphatic heterocycles. The molecule has 4 amide bonds.